The second kappa shape index (κ2) is 5.21. The van der Waals surface area contributed by atoms with Crippen LogP contribution in [0.25, 0.3) is 0 Å². The first-order valence-corrected chi connectivity index (χ1v) is 5.80. The third kappa shape index (κ3) is 2.99. The number of nitrogens with two attached hydrogens (primary N) is 1. The summed E-state index contributed by atoms with van der Waals surface area (Å²) in [6.07, 6.45) is 0. The van der Waals surface area contributed by atoms with Gasteiger partial charge in [0.05, 0.1) is 0 Å². The minimum absolute atomic E-state index is 0.429. The van der Waals surface area contributed by atoms with Crippen LogP contribution in [0.2, 0.25) is 5.02 Å². The van der Waals surface area contributed by atoms with E-state index >= 15 is 0 Å². The lowest BCUT2D eigenvalue weighted by molar-refractivity contribution is 0.476. The number of aryl methyl sites for hydroxylation is 1. The van der Waals surface area contributed by atoms with Crippen LogP contribution >= 0.6 is 11.6 Å². The lowest BCUT2D eigenvalue weighted by Crippen LogP contribution is -1.99. The second-order valence-corrected chi connectivity index (χ2v) is 4.31. The van der Waals surface area contributed by atoms with E-state index in [1.54, 1.807) is 6.07 Å². The number of hydrogen-bond acceptors (Lipinski definition) is 2. The van der Waals surface area contributed by atoms with Crippen LogP contribution in [-0.4, -0.2) is 0 Å². The van der Waals surface area contributed by atoms with Crippen LogP contribution in [-0.2, 0) is 6.54 Å². The molecule has 3 heteroatoms. The van der Waals surface area contributed by atoms with Crippen molar-refractivity contribution in [3.05, 3.63) is 58.6 Å². The number of benzene rings is 2. The molecule has 0 fully saturated rings. The Balaban J connectivity index is 2.32. The summed E-state index contributed by atoms with van der Waals surface area (Å²) >= 11 is 5.95. The molecule has 0 spiro atoms. The zero-order chi connectivity index (χ0) is 12.3. The number of rotatable bonds is 3. The summed E-state index contributed by atoms with van der Waals surface area (Å²) in [5, 5.41) is 0.643. The molecule has 0 unspecified atom stereocenters. The van der Waals surface area contributed by atoms with E-state index in [0.29, 0.717) is 17.3 Å². The molecule has 0 aliphatic carbocycles. The highest BCUT2D eigenvalue weighted by molar-refractivity contribution is 6.30. The summed E-state index contributed by atoms with van der Waals surface area (Å²) in [6, 6.07) is 13.3. The van der Waals surface area contributed by atoms with Gasteiger partial charge in [-0.2, -0.15) is 0 Å². The van der Waals surface area contributed by atoms with Crippen LogP contribution in [0.4, 0.5) is 0 Å². The summed E-state index contributed by atoms with van der Waals surface area (Å²) in [5.41, 5.74) is 7.75. The van der Waals surface area contributed by atoms with Crippen LogP contribution in [0.3, 0.4) is 0 Å². The van der Waals surface area contributed by atoms with Crippen LogP contribution in [0.1, 0.15) is 11.1 Å². The van der Waals surface area contributed by atoms with Crippen molar-refractivity contribution in [1.82, 2.24) is 0 Å². The predicted molar refractivity (Wildman–Crippen MR) is 70.6 cm³/mol. The quantitative estimate of drug-likeness (QED) is 0.893. The highest BCUT2D eigenvalue weighted by atomic mass is 35.5. The molecule has 2 N–H and O–H groups in total. The first kappa shape index (κ1) is 12.0. The lowest BCUT2D eigenvalue weighted by atomic mass is 10.2. The van der Waals surface area contributed by atoms with Gasteiger partial charge >= 0.3 is 0 Å². The molecule has 0 heterocycles. The van der Waals surface area contributed by atoms with Crippen molar-refractivity contribution < 1.29 is 4.74 Å². The van der Waals surface area contributed by atoms with Gasteiger partial charge in [0, 0.05) is 17.1 Å². The van der Waals surface area contributed by atoms with Gasteiger partial charge in [0.25, 0.3) is 0 Å². The van der Waals surface area contributed by atoms with Crippen LogP contribution in [0.15, 0.2) is 42.5 Å². The van der Waals surface area contributed by atoms with E-state index in [1.165, 1.54) is 0 Å². The number of hydrogen-bond donors (Lipinski definition) is 1. The smallest absolute Gasteiger partial charge is 0.133 e. The summed E-state index contributed by atoms with van der Waals surface area (Å²) in [6.45, 7) is 2.45. The Hall–Kier alpha value is -1.51. The summed E-state index contributed by atoms with van der Waals surface area (Å²) < 4.78 is 5.80. The fraction of sp³-hybridized carbons (Fsp3) is 0.143. The van der Waals surface area contributed by atoms with E-state index < -0.39 is 0 Å². The van der Waals surface area contributed by atoms with E-state index in [4.69, 9.17) is 22.1 Å². The molecule has 0 amide bonds. The molecule has 2 aromatic rings. The fourth-order valence-corrected chi connectivity index (χ4v) is 1.76. The molecule has 2 rings (SSSR count). The van der Waals surface area contributed by atoms with E-state index in [1.807, 2.05) is 43.3 Å². The summed E-state index contributed by atoms with van der Waals surface area (Å²) in [5.74, 6) is 1.51. The van der Waals surface area contributed by atoms with Gasteiger partial charge in [-0.25, -0.2) is 0 Å². The molecule has 0 atom stereocenters. The predicted octanol–water partition coefficient (Wildman–Crippen LogP) is 3.90. The van der Waals surface area contributed by atoms with Gasteiger partial charge in [0.1, 0.15) is 11.5 Å². The molecule has 88 valence electrons. The van der Waals surface area contributed by atoms with E-state index in [9.17, 15) is 0 Å². The Kier molecular flexibility index (Phi) is 3.67. The average molecular weight is 248 g/mol. The normalized spacial score (nSPS) is 10.3. The molecule has 0 saturated heterocycles. The third-order valence-electron chi connectivity index (χ3n) is 2.47. The Morgan fingerprint density at radius 2 is 2.00 bits per heavy atom. The Morgan fingerprint density at radius 1 is 1.18 bits per heavy atom. The minimum atomic E-state index is 0.429. The standard InChI is InChI=1S/C14H14ClNO/c1-10-3-2-4-13(7-10)17-14-8-12(15)6-5-11(14)9-16/h2-8H,9,16H2,1H3. The zero-order valence-corrected chi connectivity index (χ0v) is 10.4. The molecule has 0 saturated carbocycles. The van der Waals surface area contributed by atoms with Gasteiger partial charge in [-0.1, -0.05) is 29.8 Å². The third-order valence-corrected chi connectivity index (χ3v) is 2.70. The van der Waals surface area contributed by atoms with Crippen molar-refractivity contribution >= 4 is 11.6 Å². The maximum atomic E-state index is 5.95. The van der Waals surface area contributed by atoms with Gasteiger partial charge in [0.15, 0.2) is 0 Å². The van der Waals surface area contributed by atoms with Crippen molar-refractivity contribution in [3.8, 4) is 11.5 Å². The second-order valence-electron chi connectivity index (χ2n) is 3.87. The lowest BCUT2D eigenvalue weighted by Gasteiger charge is -2.10. The molecule has 17 heavy (non-hydrogen) atoms. The first-order chi connectivity index (χ1) is 8.19. The van der Waals surface area contributed by atoms with Crippen LogP contribution in [0, 0.1) is 6.92 Å². The topological polar surface area (TPSA) is 35.2 Å². The van der Waals surface area contributed by atoms with Crippen molar-refractivity contribution in [2.75, 3.05) is 0 Å². The van der Waals surface area contributed by atoms with Gasteiger partial charge < -0.3 is 10.5 Å². The van der Waals surface area contributed by atoms with Gasteiger partial charge in [0.2, 0.25) is 0 Å². The van der Waals surface area contributed by atoms with Crippen molar-refractivity contribution in [2.45, 2.75) is 13.5 Å². The Labute approximate surface area is 106 Å². The van der Waals surface area contributed by atoms with Crippen LogP contribution < -0.4 is 10.5 Å². The molecule has 2 aromatic carbocycles. The van der Waals surface area contributed by atoms with Crippen molar-refractivity contribution in [1.29, 1.82) is 0 Å². The summed E-state index contributed by atoms with van der Waals surface area (Å²) in [7, 11) is 0. The molecular weight excluding hydrogens is 234 g/mol. The van der Waals surface area contributed by atoms with Gasteiger partial charge in [-0.3, -0.25) is 0 Å². The van der Waals surface area contributed by atoms with Crippen LogP contribution in [0.5, 0.6) is 11.5 Å². The Bertz CT molecular complexity index is 525. The van der Waals surface area contributed by atoms with E-state index in [0.717, 1.165) is 16.9 Å². The van der Waals surface area contributed by atoms with Crippen molar-refractivity contribution in [3.63, 3.8) is 0 Å². The molecule has 0 radical (unpaired) electrons. The molecule has 0 bridgehead atoms. The van der Waals surface area contributed by atoms with Gasteiger partial charge in [-0.15, -0.1) is 0 Å². The minimum Gasteiger partial charge on any atom is -0.457 e. The highest BCUT2D eigenvalue weighted by Crippen LogP contribution is 2.28. The van der Waals surface area contributed by atoms with Crippen molar-refractivity contribution in [2.24, 2.45) is 5.73 Å². The molecule has 0 aliphatic rings. The molecule has 0 aromatic heterocycles. The maximum Gasteiger partial charge on any atom is 0.133 e. The number of ether oxygens (including phenoxy) is 1. The van der Waals surface area contributed by atoms with Gasteiger partial charge in [-0.05, 0) is 36.8 Å². The maximum absolute atomic E-state index is 5.95. The molecule has 0 aliphatic heterocycles. The molecular formula is C14H14ClNO. The SMILES string of the molecule is Cc1cccc(Oc2cc(Cl)ccc2CN)c1. The highest BCUT2D eigenvalue weighted by Gasteiger charge is 2.04. The number of halogens is 1. The fourth-order valence-electron chi connectivity index (χ4n) is 1.60. The molecule has 2 nitrogen and oxygen atoms in total. The summed E-state index contributed by atoms with van der Waals surface area (Å²) in [4.78, 5) is 0. The first-order valence-electron chi connectivity index (χ1n) is 5.42. The average Bonchev–Trinajstić information content (AvgIpc) is 2.29. The van der Waals surface area contributed by atoms with E-state index in [2.05, 4.69) is 0 Å². The zero-order valence-electron chi connectivity index (χ0n) is 9.61. The Morgan fingerprint density at radius 3 is 2.71 bits per heavy atom. The van der Waals surface area contributed by atoms with E-state index in [-0.39, 0.29) is 0 Å². The monoisotopic (exact) mass is 247 g/mol. The largest absolute Gasteiger partial charge is 0.457 e.